The van der Waals surface area contributed by atoms with Crippen LogP contribution in [0.4, 0.5) is 10.5 Å². The van der Waals surface area contributed by atoms with Crippen LogP contribution in [0.15, 0.2) is 36.4 Å². The van der Waals surface area contributed by atoms with E-state index < -0.39 is 0 Å². The molecule has 0 radical (unpaired) electrons. The number of halogens is 2. The van der Waals surface area contributed by atoms with E-state index in [-0.39, 0.29) is 12.1 Å². The van der Waals surface area contributed by atoms with Gasteiger partial charge in [0.25, 0.3) is 0 Å². The predicted molar refractivity (Wildman–Crippen MR) is 96.6 cm³/mol. The van der Waals surface area contributed by atoms with E-state index in [9.17, 15) is 4.79 Å². The summed E-state index contributed by atoms with van der Waals surface area (Å²) < 4.78 is 10.5. The van der Waals surface area contributed by atoms with Gasteiger partial charge in [0.05, 0.1) is 31.0 Å². The lowest BCUT2D eigenvalue weighted by Gasteiger charge is -2.17. The van der Waals surface area contributed by atoms with Crippen molar-refractivity contribution in [1.29, 1.82) is 0 Å². The fraction of sp³-hybridized carbons (Fsp3) is 0.235. The lowest BCUT2D eigenvalue weighted by atomic mass is 10.1. The fourth-order valence-electron chi connectivity index (χ4n) is 2.15. The van der Waals surface area contributed by atoms with Gasteiger partial charge in [0, 0.05) is 5.02 Å². The Bertz CT molecular complexity index is 738. The summed E-state index contributed by atoms with van der Waals surface area (Å²) in [5.74, 6) is 1.23. The highest BCUT2D eigenvalue weighted by Crippen LogP contribution is 2.30. The summed E-state index contributed by atoms with van der Waals surface area (Å²) >= 11 is 11.9. The molecule has 0 aromatic heterocycles. The summed E-state index contributed by atoms with van der Waals surface area (Å²) in [5.41, 5.74) is 1.32. The van der Waals surface area contributed by atoms with Gasteiger partial charge in [-0.3, -0.25) is 0 Å². The van der Waals surface area contributed by atoms with Crippen LogP contribution in [-0.2, 0) is 0 Å². The number of hydrogen-bond donors (Lipinski definition) is 2. The molecule has 2 amide bonds. The molecule has 24 heavy (non-hydrogen) atoms. The lowest BCUT2D eigenvalue weighted by molar-refractivity contribution is 0.249. The van der Waals surface area contributed by atoms with Crippen LogP contribution in [-0.4, -0.2) is 20.3 Å². The number of nitrogens with one attached hydrogen (secondary N) is 2. The maximum atomic E-state index is 12.2. The highest BCUT2D eigenvalue weighted by molar-refractivity contribution is 6.35. The predicted octanol–water partition coefficient (Wildman–Crippen LogP) is 4.89. The molecular formula is C17H18Cl2N2O3. The molecule has 0 heterocycles. The Balaban J connectivity index is 2.07. The lowest BCUT2D eigenvalue weighted by Crippen LogP contribution is -2.31. The Labute approximate surface area is 150 Å². The standard InChI is InChI=1S/C17H18Cl2N2O3/c1-10(11-4-7-15(23-2)16(8-11)24-3)20-17(22)21-14-9-12(18)5-6-13(14)19/h4-10H,1-3H3,(H2,20,21,22). The van der Waals surface area contributed by atoms with Crippen molar-refractivity contribution in [1.82, 2.24) is 5.32 Å². The van der Waals surface area contributed by atoms with E-state index in [0.29, 0.717) is 27.2 Å². The number of rotatable bonds is 5. The molecule has 0 bridgehead atoms. The van der Waals surface area contributed by atoms with Gasteiger partial charge in [0.1, 0.15) is 0 Å². The zero-order valence-corrected chi connectivity index (χ0v) is 15.0. The van der Waals surface area contributed by atoms with Crippen molar-refractivity contribution in [2.45, 2.75) is 13.0 Å². The van der Waals surface area contributed by atoms with Crippen LogP contribution in [0.5, 0.6) is 11.5 Å². The zero-order valence-electron chi connectivity index (χ0n) is 13.5. The number of amides is 2. The molecule has 2 aromatic rings. The van der Waals surface area contributed by atoms with E-state index in [0.717, 1.165) is 5.56 Å². The monoisotopic (exact) mass is 368 g/mol. The second-order valence-electron chi connectivity index (χ2n) is 5.06. The number of urea groups is 1. The molecule has 2 rings (SSSR count). The highest BCUT2D eigenvalue weighted by Gasteiger charge is 2.13. The average molecular weight is 369 g/mol. The largest absolute Gasteiger partial charge is 0.493 e. The number of hydrogen-bond acceptors (Lipinski definition) is 3. The second-order valence-corrected chi connectivity index (χ2v) is 5.90. The minimum atomic E-state index is -0.388. The molecule has 1 unspecified atom stereocenters. The topological polar surface area (TPSA) is 59.6 Å². The number of carbonyl (C=O) groups excluding carboxylic acids is 1. The van der Waals surface area contributed by atoms with Crippen molar-refractivity contribution < 1.29 is 14.3 Å². The number of benzene rings is 2. The quantitative estimate of drug-likeness (QED) is 0.789. The van der Waals surface area contributed by atoms with Crippen LogP contribution in [0, 0.1) is 0 Å². The molecule has 2 N–H and O–H groups in total. The third-order valence-electron chi connectivity index (χ3n) is 3.43. The Morgan fingerprint density at radius 2 is 1.75 bits per heavy atom. The summed E-state index contributed by atoms with van der Waals surface area (Å²) in [5, 5.41) is 6.41. The molecule has 1 atom stereocenters. The van der Waals surface area contributed by atoms with Crippen LogP contribution in [0.3, 0.4) is 0 Å². The van der Waals surface area contributed by atoms with Crippen LogP contribution in [0.2, 0.25) is 10.0 Å². The van der Waals surface area contributed by atoms with Gasteiger partial charge in [0.2, 0.25) is 0 Å². The van der Waals surface area contributed by atoms with Crippen molar-refractivity contribution in [2.24, 2.45) is 0 Å². The van der Waals surface area contributed by atoms with Crippen LogP contribution in [0.1, 0.15) is 18.5 Å². The molecule has 0 fully saturated rings. The summed E-state index contributed by atoms with van der Waals surface area (Å²) in [7, 11) is 3.13. The normalized spacial score (nSPS) is 11.5. The van der Waals surface area contributed by atoms with Gasteiger partial charge in [-0.2, -0.15) is 0 Å². The van der Waals surface area contributed by atoms with Gasteiger partial charge in [-0.05, 0) is 42.8 Å². The average Bonchev–Trinajstić information content (AvgIpc) is 2.57. The summed E-state index contributed by atoms with van der Waals surface area (Å²) in [6.07, 6.45) is 0. The Morgan fingerprint density at radius 1 is 1.04 bits per heavy atom. The van der Waals surface area contributed by atoms with Gasteiger partial charge >= 0.3 is 6.03 Å². The fourth-order valence-corrected chi connectivity index (χ4v) is 2.49. The molecule has 128 valence electrons. The maximum absolute atomic E-state index is 12.2. The van der Waals surface area contributed by atoms with Crippen LogP contribution < -0.4 is 20.1 Å². The Hall–Kier alpha value is -2.11. The smallest absolute Gasteiger partial charge is 0.319 e. The summed E-state index contributed by atoms with van der Waals surface area (Å²) in [6.45, 7) is 1.86. The number of ether oxygens (including phenoxy) is 2. The maximum Gasteiger partial charge on any atom is 0.319 e. The van der Waals surface area contributed by atoms with Crippen LogP contribution in [0.25, 0.3) is 0 Å². The zero-order chi connectivity index (χ0) is 17.7. The van der Waals surface area contributed by atoms with E-state index in [2.05, 4.69) is 10.6 Å². The second kappa shape index (κ2) is 8.13. The van der Waals surface area contributed by atoms with E-state index >= 15 is 0 Å². The first-order valence-corrected chi connectivity index (χ1v) is 7.94. The van der Waals surface area contributed by atoms with Gasteiger partial charge in [-0.25, -0.2) is 4.79 Å². The third kappa shape index (κ3) is 4.46. The summed E-state index contributed by atoms with van der Waals surface area (Å²) in [6, 6.07) is 9.69. The molecule has 0 aliphatic carbocycles. The molecule has 0 aliphatic heterocycles. The SMILES string of the molecule is COc1ccc(C(C)NC(=O)Nc2cc(Cl)ccc2Cl)cc1OC. The molecule has 2 aromatic carbocycles. The number of methoxy groups -OCH3 is 2. The van der Waals surface area contributed by atoms with Crippen molar-refractivity contribution >= 4 is 34.9 Å². The van der Waals surface area contributed by atoms with E-state index in [1.807, 2.05) is 19.1 Å². The van der Waals surface area contributed by atoms with Crippen molar-refractivity contribution in [3.63, 3.8) is 0 Å². The van der Waals surface area contributed by atoms with Gasteiger partial charge < -0.3 is 20.1 Å². The molecule has 0 saturated carbocycles. The van der Waals surface area contributed by atoms with E-state index in [4.69, 9.17) is 32.7 Å². The molecule has 0 aliphatic rings. The molecule has 0 spiro atoms. The highest BCUT2D eigenvalue weighted by atomic mass is 35.5. The third-order valence-corrected chi connectivity index (χ3v) is 4.00. The van der Waals surface area contributed by atoms with Crippen molar-refractivity contribution in [3.05, 3.63) is 52.0 Å². The van der Waals surface area contributed by atoms with Gasteiger partial charge in [-0.1, -0.05) is 29.3 Å². The molecule has 7 heteroatoms. The van der Waals surface area contributed by atoms with Crippen LogP contribution >= 0.6 is 23.2 Å². The van der Waals surface area contributed by atoms with E-state index in [1.165, 1.54) is 0 Å². The molecule has 5 nitrogen and oxygen atoms in total. The number of anilines is 1. The first-order chi connectivity index (χ1) is 11.4. The first-order valence-electron chi connectivity index (χ1n) is 7.19. The van der Waals surface area contributed by atoms with Crippen molar-refractivity contribution in [2.75, 3.05) is 19.5 Å². The molecular weight excluding hydrogens is 351 g/mol. The van der Waals surface area contributed by atoms with E-state index in [1.54, 1.807) is 38.5 Å². The minimum absolute atomic E-state index is 0.247. The minimum Gasteiger partial charge on any atom is -0.493 e. The van der Waals surface area contributed by atoms with Crippen molar-refractivity contribution in [3.8, 4) is 11.5 Å². The van der Waals surface area contributed by atoms with Gasteiger partial charge in [0.15, 0.2) is 11.5 Å². The van der Waals surface area contributed by atoms with Gasteiger partial charge in [-0.15, -0.1) is 0 Å². The molecule has 0 saturated heterocycles. The summed E-state index contributed by atoms with van der Waals surface area (Å²) in [4.78, 5) is 12.2. The number of carbonyl (C=O) groups is 1. The Kier molecular flexibility index (Phi) is 6.17. The Morgan fingerprint density at radius 3 is 2.42 bits per heavy atom. The first kappa shape index (κ1) is 18.2.